The molecule has 1 aromatic rings. The molecule has 0 bridgehead atoms. The highest BCUT2D eigenvalue weighted by Crippen LogP contribution is 2.08. The third kappa shape index (κ3) is 3.09. The lowest BCUT2D eigenvalue weighted by atomic mass is 10.1. The fourth-order valence-corrected chi connectivity index (χ4v) is 1.22. The molecule has 0 fully saturated rings. The van der Waals surface area contributed by atoms with Crippen molar-refractivity contribution in [2.24, 2.45) is 0 Å². The molecule has 0 aliphatic heterocycles. The minimum atomic E-state index is -0.206. The molecule has 1 atom stereocenters. The molecule has 0 saturated carbocycles. The predicted molar refractivity (Wildman–Crippen MR) is 47.9 cm³/mol. The smallest absolute Gasteiger partial charge is 0.0935 e. The van der Waals surface area contributed by atoms with Crippen molar-refractivity contribution in [3.8, 4) is 0 Å². The first-order chi connectivity index (χ1) is 5.83. The molecule has 0 saturated heterocycles. The van der Waals surface area contributed by atoms with E-state index in [-0.39, 0.29) is 6.10 Å². The Kier molecular flexibility index (Phi) is 3.88. The van der Waals surface area contributed by atoms with Gasteiger partial charge in [0.15, 0.2) is 0 Å². The van der Waals surface area contributed by atoms with Crippen LogP contribution in [0, 0.1) is 0 Å². The van der Waals surface area contributed by atoms with E-state index in [1.807, 2.05) is 6.07 Å². The summed E-state index contributed by atoms with van der Waals surface area (Å²) >= 11 is 0. The Morgan fingerprint density at radius 3 is 3.00 bits per heavy atom. The maximum atomic E-state index is 9.51. The van der Waals surface area contributed by atoms with E-state index in [1.54, 1.807) is 12.5 Å². The number of aliphatic hydroxyl groups is 1. The molecule has 1 aromatic heterocycles. The van der Waals surface area contributed by atoms with E-state index in [9.17, 15) is 5.11 Å². The average Bonchev–Trinajstić information content (AvgIpc) is 2.53. The van der Waals surface area contributed by atoms with E-state index >= 15 is 0 Å². The van der Waals surface area contributed by atoms with Crippen LogP contribution >= 0.6 is 0 Å². The summed E-state index contributed by atoms with van der Waals surface area (Å²) in [7, 11) is 0. The average molecular weight is 168 g/mol. The maximum absolute atomic E-state index is 9.51. The molecule has 0 spiro atoms. The van der Waals surface area contributed by atoms with Gasteiger partial charge in [0.05, 0.1) is 18.6 Å². The molecule has 2 heteroatoms. The van der Waals surface area contributed by atoms with Gasteiger partial charge in [-0.1, -0.05) is 19.8 Å². The Morgan fingerprint density at radius 1 is 1.58 bits per heavy atom. The van der Waals surface area contributed by atoms with Crippen LogP contribution < -0.4 is 0 Å². The van der Waals surface area contributed by atoms with Gasteiger partial charge in [-0.3, -0.25) is 0 Å². The van der Waals surface area contributed by atoms with Crippen LogP contribution in [0.25, 0.3) is 0 Å². The molecule has 0 aromatic carbocycles. The highest BCUT2D eigenvalue weighted by atomic mass is 16.3. The first kappa shape index (κ1) is 9.33. The summed E-state index contributed by atoms with van der Waals surface area (Å²) in [6.45, 7) is 2.13. The molecule has 0 aliphatic carbocycles. The van der Waals surface area contributed by atoms with Crippen LogP contribution in [0.1, 0.15) is 31.7 Å². The van der Waals surface area contributed by atoms with Crippen LogP contribution in [0.2, 0.25) is 0 Å². The molecular weight excluding hydrogens is 152 g/mol. The minimum Gasteiger partial charge on any atom is -0.472 e. The lowest BCUT2D eigenvalue weighted by Gasteiger charge is -2.07. The summed E-state index contributed by atoms with van der Waals surface area (Å²) in [6, 6.07) is 1.90. The van der Waals surface area contributed by atoms with Gasteiger partial charge >= 0.3 is 0 Å². The van der Waals surface area contributed by atoms with Gasteiger partial charge in [0.1, 0.15) is 0 Å². The second-order valence-electron chi connectivity index (χ2n) is 3.13. The third-order valence-corrected chi connectivity index (χ3v) is 1.94. The fourth-order valence-electron chi connectivity index (χ4n) is 1.22. The predicted octanol–water partition coefficient (Wildman–Crippen LogP) is 2.37. The van der Waals surface area contributed by atoms with Crippen LogP contribution in [-0.4, -0.2) is 11.2 Å². The molecule has 1 rings (SSSR count). The molecule has 0 aliphatic rings. The van der Waals surface area contributed by atoms with Gasteiger partial charge in [0, 0.05) is 6.42 Å². The standard InChI is InChI=1S/C10H16O2/c1-2-3-4-10(11)7-9-5-6-12-8-9/h5-6,8,10-11H,2-4,7H2,1H3. The second kappa shape index (κ2) is 4.99. The topological polar surface area (TPSA) is 33.4 Å². The Balaban J connectivity index is 2.22. The fraction of sp³-hybridized carbons (Fsp3) is 0.600. The number of unbranched alkanes of at least 4 members (excludes halogenated alkanes) is 1. The van der Waals surface area contributed by atoms with Gasteiger partial charge in [0.25, 0.3) is 0 Å². The molecular formula is C10H16O2. The molecule has 68 valence electrons. The van der Waals surface area contributed by atoms with E-state index in [4.69, 9.17) is 4.42 Å². The third-order valence-electron chi connectivity index (χ3n) is 1.94. The molecule has 2 nitrogen and oxygen atoms in total. The number of hydrogen-bond acceptors (Lipinski definition) is 2. The summed E-state index contributed by atoms with van der Waals surface area (Å²) in [5.41, 5.74) is 1.08. The van der Waals surface area contributed by atoms with Crippen molar-refractivity contribution in [3.05, 3.63) is 24.2 Å². The van der Waals surface area contributed by atoms with Crippen molar-refractivity contribution in [2.45, 2.75) is 38.7 Å². The highest BCUT2D eigenvalue weighted by Gasteiger charge is 2.04. The van der Waals surface area contributed by atoms with Crippen molar-refractivity contribution < 1.29 is 9.52 Å². The van der Waals surface area contributed by atoms with Gasteiger partial charge in [-0.2, -0.15) is 0 Å². The van der Waals surface area contributed by atoms with Gasteiger partial charge in [0.2, 0.25) is 0 Å². The van der Waals surface area contributed by atoms with Crippen LogP contribution in [0.5, 0.6) is 0 Å². The largest absolute Gasteiger partial charge is 0.472 e. The van der Waals surface area contributed by atoms with Crippen LogP contribution in [0.4, 0.5) is 0 Å². The Hall–Kier alpha value is -0.760. The minimum absolute atomic E-state index is 0.206. The normalized spacial score (nSPS) is 13.2. The SMILES string of the molecule is CCCCC(O)Cc1ccoc1. The number of rotatable bonds is 5. The van der Waals surface area contributed by atoms with Crippen molar-refractivity contribution in [1.82, 2.24) is 0 Å². The summed E-state index contributed by atoms with van der Waals surface area (Å²) < 4.78 is 4.91. The van der Waals surface area contributed by atoms with E-state index < -0.39 is 0 Å². The van der Waals surface area contributed by atoms with Gasteiger partial charge in [-0.15, -0.1) is 0 Å². The monoisotopic (exact) mass is 168 g/mol. The van der Waals surface area contributed by atoms with Crippen LogP contribution in [-0.2, 0) is 6.42 Å². The molecule has 1 N–H and O–H groups in total. The van der Waals surface area contributed by atoms with E-state index in [0.717, 1.165) is 31.2 Å². The molecule has 1 unspecified atom stereocenters. The summed E-state index contributed by atoms with van der Waals surface area (Å²) in [5.74, 6) is 0. The van der Waals surface area contributed by atoms with Crippen LogP contribution in [0.3, 0.4) is 0 Å². The number of hydrogen-bond donors (Lipinski definition) is 1. The van der Waals surface area contributed by atoms with Gasteiger partial charge in [-0.05, 0) is 18.1 Å². The molecule has 0 radical (unpaired) electrons. The quantitative estimate of drug-likeness (QED) is 0.732. The van der Waals surface area contributed by atoms with Crippen molar-refractivity contribution in [1.29, 1.82) is 0 Å². The first-order valence-electron chi connectivity index (χ1n) is 4.52. The zero-order chi connectivity index (χ0) is 8.81. The van der Waals surface area contributed by atoms with Crippen molar-refractivity contribution >= 4 is 0 Å². The Bertz CT molecular complexity index is 192. The summed E-state index contributed by atoms with van der Waals surface area (Å²) in [5, 5.41) is 9.51. The first-order valence-corrected chi connectivity index (χ1v) is 4.52. The highest BCUT2D eigenvalue weighted by molar-refractivity contribution is 5.06. The number of aliphatic hydroxyl groups excluding tert-OH is 1. The summed E-state index contributed by atoms with van der Waals surface area (Å²) in [4.78, 5) is 0. The zero-order valence-electron chi connectivity index (χ0n) is 7.49. The maximum Gasteiger partial charge on any atom is 0.0935 e. The van der Waals surface area contributed by atoms with Gasteiger partial charge in [-0.25, -0.2) is 0 Å². The van der Waals surface area contributed by atoms with Crippen molar-refractivity contribution in [3.63, 3.8) is 0 Å². The summed E-state index contributed by atoms with van der Waals surface area (Å²) in [6.07, 6.45) is 6.97. The molecule has 1 heterocycles. The van der Waals surface area contributed by atoms with E-state index in [1.165, 1.54) is 0 Å². The van der Waals surface area contributed by atoms with Gasteiger partial charge < -0.3 is 9.52 Å². The Labute approximate surface area is 73.2 Å². The number of furan rings is 1. The lowest BCUT2D eigenvalue weighted by molar-refractivity contribution is 0.161. The Morgan fingerprint density at radius 2 is 2.42 bits per heavy atom. The van der Waals surface area contributed by atoms with Crippen LogP contribution in [0.15, 0.2) is 23.0 Å². The molecule has 12 heavy (non-hydrogen) atoms. The van der Waals surface area contributed by atoms with E-state index in [0.29, 0.717) is 0 Å². The second-order valence-corrected chi connectivity index (χ2v) is 3.13. The zero-order valence-corrected chi connectivity index (χ0v) is 7.49. The van der Waals surface area contributed by atoms with Crippen molar-refractivity contribution in [2.75, 3.05) is 0 Å². The van der Waals surface area contributed by atoms with E-state index in [2.05, 4.69) is 6.92 Å². The molecule has 0 amide bonds. The lowest BCUT2D eigenvalue weighted by Crippen LogP contribution is -2.09.